The van der Waals surface area contributed by atoms with Gasteiger partial charge in [0, 0.05) is 12.2 Å². The minimum Gasteiger partial charge on any atom is -0.383 e. The van der Waals surface area contributed by atoms with Gasteiger partial charge in [-0.05, 0) is 38.4 Å². The van der Waals surface area contributed by atoms with E-state index in [2.05, 4.69) is 17.2 Å². The lowest BCUT2D eigenvalue weighted by Gasteiger charge is -2.35. The number of nitrogens with one attached hydrogen (secondary N) is 1. The van der Waals surface area contributed by atoms with Crippen molar-refractivity contribution >= 4 is 0 Å². The summed E-state index contributed by atoms with van der Waals surface area (Å²) in [6.45, 7) is 2.95. The van der Waals surface area contributed by atoms with E-state index in [1.165, 1.54) is 0 Å². The van der Waals surface area contributed by atoms with E-state index in [1.807, 2.05) is 18.2 Å². The molecule has 0 spiro atoms. The number of hydrogen-bond donors (Lipinski definition) is 2. The molecule has 3 heteroatoms. The van der Waals surface area contributed by atoms with Gasteiger partial charge in [-0.25, -0.2) is 0 Å². The maximum absolute atomic E-state index is 10.4. The fourth-order valence-corrected chi connectivity index (χ4v) is 2.08. The summed E-state index contributed by atoms with van der Waals surface area (Å²) in [7, 11) is 0. The molecule has 3 nitrogen and oxygen atoms in total. The maximum atomic E-state index is 10.4. The molecule has 0 radical (unpaired) electrons. The van der Waals surface area contributed by atoms with Gasteiger partial charge in [0.05, 0.1) is 5.69 Å². The monoisotopic (exact) mass is 192 g/mol. The van der Waals surface area contributed by atoms with Crippen LogP contribution in [0.5, 0.6) is 0 Å². The Kier molecular flexibility index (Phi) is 2.52. The second kappa shape index (κ2) is 3.67. The topological polar surface area (TPSA) is 45.2 Å². The summed E-state index contributed by atoms with van der Waals surface area (Å²) >= 11 is 0. The van der Waals surface area contributed by atoms with Crippen molar-refractivity contribution in [1.29, 1.82) is 0 Å². The van der Waals surface area contributed by atoms with Gasteiger partial charge in [-0.1, -0.05) is 6.07 Å². The van der Waals surface area contributed by atoms with Crippen LogP contribution in [0.3, 0.4) is 0 Å². The van der Waals surface area contributed by atoms with Crippen molar-refractivity contribution in [2.75, 3.05) is 6.54 Å². The molecule has 0 amide bonds. The first-order chi connectivity index (χ1) is 6.71. The molecule has 14 heavy (non-hydrogen) atoms. The van der Waals surface area contributed by atoms with E-state index in [1.54, 1.807) is 6.20 Å². The highest BCUT2D eigenvalue weighted by molar-refractivity contribution is 5.14. The minimum absolute atomic E-state index is 0.357. The van der Waals surface area contributed by atoms with Gasteiger partial charge in [-0.3, -0.25) is 4.98 Å². The molecule has 0 aliphatic carbocycles. The molecule has 2 rings (SSSR count). The molecule has 0 bridgehead atoms. The number of pyridine rings is 1. The minimum atomic E-state index is -0.730. The first-order valence-corrected chi connectivity index (χ1v) is 5.08. The Morgan fingerprint density at radius 1 is 1.57 bits per heavy atom. The zero-order chi connectivity index (χ0) is 10.0. The van der Waals surface area contributed by atoms with Gasteiger partial charge in [-0.2, -0.15) is 0 Å². The Balaban J connectivity index is 2.23. The first-order valence-electron chi connectivity index (χ1n) is 5.08. The van der Waals surface area contributed by atoms with Gasteiger partial charge in [0.1, 0.15) is 5.60 Å². The van der Waals surface area contributed by atoms with Crippen LogP contribution in [0.4, 0.5) is 0 Å². The molecule has 2 unspecified atom stereocenters. The fraction of sp³-hybridized carbons (Fsp3) is 0.545. The third-order valence-electron chi connectivity index (χ3n) is 2.82. The molecule has 1 aliphatic heterocycles. The maximum Gasteiger partial charge on any atom is 0.109 e. The van der Waals surface area contributed by atoms with Crippen LogP contribution >= 0.6 is 0 Å². The number of hydrogen-bond acceptors (Lipinski definition) is 3. The molecule has 76 valence electrons. The molecule has 0 saturated carbocycles. The van der Waals surface area contributed by atoms with Crippen molar-refractivity contribution in [3.63, 3.8) is 0 Å². The van der Waals surface area contributed by atoms with E-state index in [0.717, 1.165) is 25.1 Å². The first kappa shape index (κ1) is 9.62. The Morgan fingerprint density at radius 2 is 2.43 bits per heavy atom. The quantitative estimate of drug-likeness (QED) is 0.699. The standard InChI is InChI=1S/C11H16N2O/c1-9-8-11(14,5-7-12-9)10-4-2-3-6-13-10/h2-4,6,9,12,14H,5,7-8H2,1H3. The molecular formula is C11H16N2O. The lowest BCUT2D eigenvalue weighted by molar-refractivity contribution is -0.0103. The van der Waals surface area contributed by atoms with Gasteiger partial charge in [0.25, 0.3) is 0 Å². The molecule has 1 aromatic heterocycles. The van der Waals surface area contributed by atoms with Gasteiger partial charge >= 0.3 is 0 Å². The number of piperidine rings is 1. The Bertz CT molecular complexity index is 301. The fourth-order valence-electron chi connectivity index (χ4n) is 2.08. The summed E-state index contributed by atoms with van der Waals surface area (Å²) in [6.07, 6.45) is 3.22. The number of aliphatic hydroxyl groups is 1. The highest BCUT2D eigenvalue weighted by atomic mass is 16.3. The van der Waals surface area contributed by atoms with Crippen molar-refractivity contribution < 1.29 is 5.11 Å². The average molecular weight is 192 g/mol. The predicted molar refractivity (Wildman–Crippen MR) is 54.8 cm³/mol. The van der Waals surface area contributed by atoms with Crippen molar-refractivity contribution in [2.24, 2.45) is 0 Å². The van der Waals surface area contributed by atoms with Gasteiger partial charge in [0.2, 0.25) is 0 Å². The smallest absolute Gasteiger partial charge is 0.109 e. The summed E-state index contributed by atoms with van der Waals surface area (Å²) in [6, 6.07) is 6.05. The zero-order valence-electron chi connectivity index (χ0n) is 8.40. The van der Waals surface area contributed by atoms with E-state index in [0.29, 0.717) is 6.04 Å². The summed E-state index contributed by atoms with van der Waals surface area (Å²) in [5.41, 5.74) is 0.0692. The van der Waals surface area contributed by atoms with E-state index in [-0.39, 0.29) is 0 Å². The largest absolute Gasteiger partial charge is 0.383 e. The molecule has 1 fully saturated rings. The van der Waals surface area contributed by atoms with Crippen LogP contribution < -0.4 is 5.32 Å². The van der Waals surface area contributed by atoms with Gasteiger partial charge < -0.3 is 10.4 Å². The Morgan fingerprint density at radius 3 is 3.07 bits per heavy atom. The number of aromatic nitrogens is 1. The highest BCUT2D eigenvalue weighted by Gasteiger charge is 2.35. The summed E-state index contributed by atoms with van der Waals surface area (Å²) in [4.78, 5) is 4.23. The molecule has 2 atom stereocenters. The summed E-state index contributed by atoms with van der Waals surface area (Å²) in [5.74, 6) is 0. The third kappa shape index (κ3) is 1.79. The predicted octanol–water partition coefficient (Wildman–Crippen LogP) is 1.04. The summed E-state index contributed by atoms with van der Waals surface area (Å²) in [5, 5.41) is 13.7. The lowest BCUT2D eigenvalue weighted by atomic mass is 9.85. The van der Waals surface area contributed by atoms with Gasteiger partial charge in [0.15, 0.2) is 0 Å². The normalized spacial score (nSPS) is 32.9. The van der Waals surface area contributed by atoms with Crippen molar-refractivity contribution in [3.8, 4) is 0 Å². The van der Waals surface area contributed by atoms with E-state index >= 15 is 0 Å². The van der Waals surface area contributed by atoms with Gasteiger partial charge in [-0.15, -0.1) is 0 Å². The van der Waals surface area contributed by atoms with Crippen LogP contribution in [0.2, 0.25) is 0 Å². The van der Waals surface area contributed by atoms with E-state index in [9.17, 15) is 5.11 Å². The number of rotatable bonds is 1. The Labute approximate surface area is 84.2 Å². The van der Waals surface area contributed by atoms with Crippen LogP contribution in [0, 0.1) is 0 Å². The van der Waals surface area contributed by atoms with Crippen molar-refractivity contribution in [2.45, 2.75) is 31.4 Å². The zero-order valence-corrected chi connectivity index (χ0v) is 8.40. The molecule has 0 aromatic carbocycles. The molecule has 2 heterocycles. The van der Waals surface area contributed by atoms with Crippen molar-refractivity contribution in [3.05, 3.63) is 30.1 Å². The van der Waals surface area contributed by atoms with E-state index < -0.39 is 5.60 Å². The SMILES string of the molecule is CC1CC(O)(c2ccccn2)CCN1. The summed E-state index contributed by atoms with van der Waals surface area (Å²) < 4.78 is 0. The average Bonchev–Trinajstić information content (AvgIpc) is 2.19. The highest BCUT2D eigenvalue weighted by Crippen LogP contribution is 2.30. The molecule has 2 N–H and O–H groups in total. The molecule has 1 aromatic rings. The van der Waals surface area contributed by atoms with Crippen LogP contribution in [0.1, 0.15) is 25.5 Å². The molecule has 1 saturated heterocycles. The van der Waals surface area contributed by atoms with Crippen LogP contribution in [0.15, 0.2) is 24.4 Å². The van der Waals surface area contributed by atoms with E-state index in [4.69, 9.17) is 0 Å². The van der Waals surface area contributed by atoms with Crippen molar-refractivity contribution in [1.82, 2.24) is 10.3 Å². The lowest BCUT2D eigenvalue weighted by Crippen LogP contribution is -2.45. The molecular weight excluding hydrogens is 176 g/mol. The van der Waals surface area contributed by atoms with Crippen LogP contribution in [-0.4, -0.2) is 22.7 Å². The van der Waals surface area contributed by atoms with Crippen LogP contribution in [-0.2, 0) is 5.60 Å². The number of nitrogens with zero attached hydrogens (tertiary/aromatic N) is 1. The molecule has 1 aliphatic rings. The second-order valence-corrected chi connectivity index (χ2v) is 4.06. The van der Waals surface area contributed by atoms with Crippen LogP contribution in [0.25, 0.3) is 0 Å². The Hall–Kier alpha value is -0.930. The second-order valence-electron chi connectivity index (χ2n) is 4.06. The third-order valence-corrected chi connectivity index (χ3v) is 2.82.